The van der Waals surface area contributed by atoms with Gasteiger partial charge in [-0.2, -0.15) is 0 Å². The van der Waals surface area contributed by atoms with Crippen LogP contribution in [0.25, 0.3) is 0 Å². The van der Waals surface area contributed by atoms with Crippen LogP contribution in [-0.2, 0) is 11.3 Å². The number of anilines is 1. The van der Waals surface area contributed by atoms with E-state index in [9.17, 15) is 27.5 Å². The van der Waals surface area contributed by atoms with Gasteiger partial charge in [0, 0.05) is 28.8 Å². The zero-order valence-corrected chi connectivity index (χ0v) is 16.1. The molecule has 0 unspecified atom stereocenters. The molecule has 0 saturated carbocycles. The van der Waals surface area contributed by atoms with E-state index in [-0.39, 0.29) is 31.9 Å². The standard InChI is InChI=1S/C18H17BrF4N2O3/c19-13-1-6-16(20)12(9-13)10-25(7-8-26)11-17(27)24-14-2-4-15(5-3-14)28-18(21,22)23/h1-6,9,26H,7-8,10-11H2,(H,24,27). The molecular formula is C18H17BrF4N2O3. The van der Waals surface area contributed by atoms with Gasteiger partial charge in [0.2, 0.25) is 5.91 Å². The molecule has 10 heteroatoms. The summed E-state index contributed by atoms with van der Waals surface area (Å²) >= 11 is 3.25. The number of aliphatic hydroxyl groups is 1. The van der Waals surface area contributed by atoms with E-state index < -0.39 is 23.8 Å². The van der Waals surface area contributed by atoms with E-state index in [1.807, 2.05) is 0 Å². The maximum atomic E-state index is 13.9. The van der Waals surface area contributed by atoms with Crippen LogP contribution >= 0.6 is 15.9 Å². The maximum Gasteiger partial charge on any atom is 0.573 e. The molecule has 1 amide bonds. The zero-order chi connectivity index (χ0) is 20.7. The molecule has 2 aromatic rings. The van der Waals surface area contributed by atoms with Crippen LogP contribution in [0.1, 0.15) is 5.56 Å². The zero-order valence-electron chi connectivity index (χ0n) is 14.5. The molecule has 0 radical (unpaired) electrons. The van der Waals surface area contributed by atoms with Gasteiger partial charge in [0.25, 0.3) is 0 Å². The topological polar surface area (TPSA) is 61.8 Å². The lowest BCUT2D eigenvalue weighted by Crippen LogP contribution is -2.35. The van der Waals surface area contributed by atoms with Crippen molar-refractivity contribution in [3.05, 3.63) is 58.3 Å². The van der Waals surface area contributed by atoms with Gasteiger partial charge in [0.1, 0.15) is 11.6 Å². The van der Waals surface area contributed by atoms with Crippen molar-refractivity contribution in [2.45, 2.75) is 12.9 Å². The maximum absolute atomic E-state index is 13.9. The Balaban J connectivity index is 1.97. The van der Waals surface area contributed by atoms with Crippen LogP contribution in [0.15, 0.2) is 46.9 Å². The van der Waals surface area contributed by atoms with Gasteiger partial charge in [-0.1, -0.05) is 15.9 Å². The number of nitrogens with zero attached hydrogens (tertiary/aromatic N) is 1. The molecule has 0 fully saturated rings. The molecular weight excluding hydrogens is 448 g/mol. The number of hydrogen-bond donors (Lipinski definition) is 2. The molecule has 0 atom stereocenters. The summed E-state index contributed by atoms with van der Waals surface area (Å²) in [4.78, 5) is 13.7. The van der Waals surface area contributed by atoms with Crippen molar-refractivity contribution >= 4 is 27.5 Å². The van der Waals surface area contributed by atoms with Crippen LogP contribution in [0.4, 0.5) is 23.2 Å². The van der Waals surface area contributed by atoms with Gasteiger partial charge < -0.3 is 15.2 Å². The molecule has 5 nitrogen and oxygen atoms in total. The number of benzene rings is 2. The Kier molecular flexibility index (Phi) is 7.78. The highest BCUT2D eigenvalue weighted by molar-refractivity contribution is 9.10. The normalized spacial score (nSPS) is 11.5. The Morgan fingerprint density at radius 3 is 2.46 bits per heavy atom. The number of amides is 1. The highest BCUT2D eigenvalue weighted by atomic mass is 79.9. The number of carbonyl (C=O) groups is 1. The quantitative estimate of drug-likeness (QED) is 0.581. The molecule has 0 aromatic heterocycles. The molecule has 0 aliphatic carbocycles. The first-order chi connectivity index (χ1) is 13.2. The second-order valence-electron chi connectivity index (χ2n) is 5.79. The lowest BCUT2D eigenvalue weighted by atomic mass is 10.2. The second-order valence-corrected chi connectivity index (χ2v) is 6.71. The fourth-order valence-corrected chi connectivity index (χ4v) is 2.81. The SMILES string of the molecule is O=C(CN(CCO)Cc1cc(Br)ccc1F)Nc1ccc(OC(F)(F)F)cc1. The number of ether oxygens (including phenoxy) is 1. The van der Waals surface area contributed by atoms with Crippen LogP contribution in [0.3, 0.4) is 0 Å². The summed E-state index contributed by atoms with van der Waals surface area (Å²) < 4.78 is 54.8. The predicted molar refractivity (Wildman–Crippen MR) is 98.2 cm³/mol. The van der Waals surface area contributed by atoms with Crippen LogP contribution in [0.5, 0.6) is 5.75 Å². The van der Waals surface area contributed by atoms with Gasteiger partial charge in [0.15, 0.2) is 0 Å². The summed E-state index contributed by atoms with van der Waals surface area (Å²) in [7, 11) is 0. The molecule has 2 aromatic carbocycles. The summed E-state index contributed by atoms with van der Waals surface area (Å²) in [6, 6.07) is 9.11. The van der Waals surface area contributed by atoms with E-state index in [1.54, 1.807) is 17.0 Å². The lowest BCUT2D eigenvalue weighted by molar-refractivity contribution is -0.274. The number of carbonyl (C=O) groups excluding carboxylic acids is 1. The van der Waals surface area contributed by atoms with E-state index in [2.05, 4.69) is 26.0 Å². The second kappa shape index (κ2) is 9.85. The van der Waals surface area contributed by atoms with Gasteiger partial charge in [-0.15, -0.1) is 13.2 Å². The van der Waals surface area contributed by atoms with Crippen molar-refractivity contribution in [3.8, 4) is 5.75 Å². The molecule has 2 rings (SSSR count). The van der Waals surface area contributed by atoms with Crippen LogP contribution in [0.2, 0.25) is 0 Å². The van der Waals surface area contributed by atoms with Crippen molar-refractivity contribution < 1.29 is 32.2 Å². The van der Waals surface area contributed by atoms with Crippen molar-refractivity contribution in [1.82, 2.24) is 4.90 Å². The van der Waals surface area contributed by atoms with Crippen molar-refractivity contribution in [2.24, 2.45) is 0 Å². The third kappa shape index (κ3) is 7.45. The summed E-state index contributed by atoms with van der Waals surface area (Å²) in [6.45, 7) is -0.144. The Morgan fingerprint density at radius 2 is 1.86 bits per heavy atom. The number of aliphatic hydroxyl groups excluding tert-OH is 1. The first-order valence-electron chi connectivity index (χ1n) is 8.09. The first-order valence-corrected chi connectivity index (χ1v) is 8.88. The minimum atomic E-state index is -4.79. The molecule has 0 bridgehead atoms. The summed E-state index contributed by atoms with van der Waals surface area (Å²) in [6.07, 6.45) is -4.79. The molecule has 0 spiro atoms. The molecule has 0 heterocycles. The van der Waals surface area contributed by atoms with Crippen LogP contribution in [-0.4, -0.2) is 42.0 Å². The molecule has 0 aliphatic rings. The first kappa shape index (κ1) is 22.1. The molecule has 0 saturated heterocycles. The Bertz CT molecular complexity index is 800. The van der Waals surface area contributed by atoms with Gasteiger partial charge >= 0.3 is 6.36 Å². The van der Waals surface area contributed by atoms with E-state index in [1.165, 1.54) is 18.2 Å². The molecule has 0 aliphatic heterocycles. The van der Waals surface area contributed by atoms with Gasteiger partial charge in [-0.3, -0.25) is 9.69 Å². The van der Waals surface area contributed by atoms with E-state index in [0.29, 0.717) is 10.0 Å². The minimum Gasteiger partial charge on any atom is -0.406 e. The Labute approximate surface area is 167 Å². The summed E-state index contributed by atoms with van der Waals surface area (Å²) in [5.74, 6) is -1.31. The van der Waals surface area contributed by atoms with E-state index >= 15 is 0 Å². The fourth-order valence-electron chi connectivity index (χ4n) is 2.40. The monoisotopic (exact) mass is 464 g/mol. The Morgan fingerprint density at radius 1 is 1.18 bits per heavy atom. The Hall–Kier alpha value is -2.17. The van der Waals surface area contributed by atoms with Crippen molar-refractivity contribution in [1.29, 1.82) is 0 Å². The van der Waals surface area contributed by atoms with Crippen LogP contribution < -0.4 is 10.1 Å². The van der Waals surface area contributed by atoms with Crippen molar-refractivity contribution in [2.75, 3.05) is 25.0 Å². The molecule has 28 heavy (non-hydrogen) atoms. The van der Waals surface area contributed by atoms with Gasteiger partial charge in [-0.25, -0.2) is 4.39 Å². The number of hydrogen-bond acceptors (Lipinski definition) is 4. The predicted octanol–water partition coefficient (Wildman–Crippen LogP) is 3.92. The number of nitrogens with one attached hydrogen (secondary N) is 1. The minimum absolute atomic E-state index is 0.0949. The molecule has 152 valence electrons. The van der Waals surface area contributed by atoms with E-state index in [4.69, 9.17) is 0 Å². The lowest BCUT2D eigenvalue weighted by Gasteiger charge is -2.21. The van der Waals surface area contributed by atoms with Gasteiger partial charge in [-0.05, 0) is 42.5 Å². The average Bonchev–Trinajstić information content (AvgIpc) is 2.59. The third-order valence-corrected chi connectivity index (χ3v) is 4.05. The fraction of sp³-hybridized carbons (Fsp3) is 0.278. The van der Waals surface area contributed by atoms with Crippen LogP contribution in [0, 0.1) is 5.82 Å². The summed E-state index contributed by atoms with van der Waals surface area (Å²) in [5, 5.41) is 11.7. The van der Waals surface area contributed by atoms with E-state index in [0.717, 1.165) is 12.1 Å². The average molecular weight is 465 g/mol. The molecule has 2 N–H and O–H groups in total. The van der Waals surface area contributed by atoms with Gasteiger partial charge in [0.05, 0.1) is 13.2 Å². The highest BCUT2D eigenvalue weighted by Crippen LogP contribution is 2.24. The van der Waals surface area contributed by atoms with Crippen molar-refractivity contribution in [3.63, 3.8) is 0 Å². The number of alkyl halides is 3. The largest absolute Gasteiger partial charge is 0.573 e. The summed E-state index contributed by atoms with van der Waals surface area (Å²) in [5.41, 5.74) is 0.626. The smallest absolute Gasteiger partial charge is 0.406 e. The number of rotatable bonds is 8. The third-order valence-electron chi connectivity index (χ3n) is 3.56. The highest BCUT2D eigenvalue weighted by Gasteiger charge is 2.31. The number of halogens is 5.